The molecule has 2 atom stereocenters. The maximum absolute atomic E-state index is 11.7. The summed E-state index contributed by atoms with van der Waals surface area (Å²) in [4.78, 5) is 23.1. The normalized spacial score (nSPS) is 23.8. The maximum atomic E-state index is 11.7. The zero-order chi connectivity index (χ0) is 12.8. The van der Waals surface area contributed by atoms with Gasteiger partial charge in [-0.15, -0.1) is 0 Å². The van der Waals surface area contributed by atoms with Gasteiger partial charge in [0.15, 0.2) is 0 Å². The van der Waals surface area contributed by atoms with Crippen molar-refractivity contribution in [2.45, 2.75) is 39.2 Å². The number of hydrogen-bond acceptors (Lipinski definition) is 3. The van der Waals surface area contributed by atoms with Gasteiger partial charge in [0.2, 0.25) is 11.8 Å². The first-order chi connectivity index (χ1) is 8.00. The molecule has 2 unspecified atom stereocenters. The van der Waals surface area contributed by atoms with Crippen LogP contribution in [0.1, 0.15) is 33.1 Å². The van der Waals surface area contributed by atoms with E-state index in [2.05, 4.69) is 10.6 Å². The van der Waals surface area contributed by atoms with Crippen molar-refractivity contribution < 1.29 is 9.59 Å². The monoisotopic (exact) mass is 241 g/mol. The molecule has 0 radical (unpaired) electrons. The summed E-state index contributed by atoms with van der Waals surface area (Å²) in [6, 6.07) is -0.0475. The zero-order valence-electron chi connectivity index (χ0n) is 10.7. The van der Waals surface area contributed by atoms with Gasteiger partial charge in [-0.3, -0.25) is 9.59 Å². The fourth-order valence-corrected chi connectivity index (χ4v) is 1.99. The van der Waals surface area contributed by atoms with E-state index in [1.165, 1.54) is 0 Å². The lowest BCUT2D eigenvalue weighted by atomic mass is 10.0. The molecule has 0 aromatic rings. The Morgan fingerprint density at radius 1 is 1.29 bits per heavy atom. The first kappa shape index (κ1) is 14.0. The summed E-state index contributed by atoms with van der Waals surface area (Å²) in [5.74, 6) is 0.0686. The number of amides is 2. The lowest BCUT2D eigenvalue weighted by molar-refractivity contribution is -0.128. The third kappa shape index (κ3) is 4.73. The van der Waals surface area contributed by atoms with E-state index >= 15 is 0 Å². The molecule has 0 heterocycles. The largest absolute Gasteiger partial charge is 0.354 e. The van der Waals surface area contributed by atoms with Crippen molar-refractivity contribution in [2.75, 3.05) is 13.1 Å². The second kappa shape index (κ2) is 6.59. The van der Waals surface area contributed by atoms with Gasteiger partial charge in [0.25, 0.3) is 0 Å². The average molecular weight is 241 g/mol. The highest BCUT2D eigenvalue weighted by Crippen LogP contribution is 2.23. The van der Waals surface area contributed by atoms with Crippen molar-refractivity contribution in [3.8, 4) is 0 Å². The number of nitrogens with one attached hydrogen (secondary N) is 2. The topological polar surface area (TPSA) is 84.2 Å². The standard InChI is InChI=1S/C12H23N3O2/c1-8(2)6-14-11(16)7-15-12(17)9-4-3-5-10(9)13/h8-10H,3-7,13H2,1-2H3,(H,14,16)(H,15,17). The molecule has 98 valence electrons. The highest BCUT2D eigenvalue weighted by atomic mass is 16.2. The Balaban J connectivity index is 2.21. The van der Waals surface area contributed by atoms with Crippen molar-refractivity contribution in [2.24, 2.45) is 17.6 Å². The third-order valence-electron chi connectivity index (χ3n) is 3.04. The van der Waals surface area contributed by atoms with Crippen LogP contribution in [0.5, 0.6) is 0 Å². The fraction of sp³-hybridized carbons (Fsp3) is 0.833. The van der Waals surface area contributed by atoms with Crippen molar-refractivity contribution in [3.63, 3.8) is 0 Å². The molecule has 0 bridgehead atoms. The van der Waals surface area contributed by atoms with Gasteiger partial charge < -0.3 is 16.4 Å². The van der Waals surface area contributed by atoms with Gasteiger partial charge in [-0.25, -0.2) is 0 Å². The Morgan fingerprint density at radius 2 is 2.00 bits per heavy atom. The molecule has 0 aromatic carbocycles. The minimum absolute atomic E-state index is 0.0475. The molecule has 0 spiro atoms. The second-order valence-corrected chi connectivity index (χ2v) is 5.12. The Morgan fingerprint density at radius 3 is 2.53 bits per heavy atom. The Kier molecular flexibility index (Phi) is 5.41. The van der Waals surface area contributed by atoms with Gasteiger partial charge in [0, 0.05) is 12.6 Å². The van der Waals surface area contributed by atoms with Gasteiger partial charge in [-0.2, -0.15) is 0 Å². The van der Waals surface area contributed by atoms with Gasteiger partial charge in [-0.1, -0.05) is 20.3 Å². The number of carbonyl (C=O) groups excluding carboxylic acids is 2. The molecule has 1 aliphatic rings. The van der Waals surface area contributed by atoms with E-state index in [1.807, 2.05) is 13.8 Å². The smallest absolute Gasteiger partial charge is 0.239 e. The quantitative estimate of drug-likeness (QED) is 0.633. The van der Waals surface area contributed by atoms with Crippen LogP contribution >= 0.6 is 0 Å². The molecule has 1 aliphatic carbocycles. The van der Waals surface area contributed by atoms with E-state index < -0.39 is 0 Å². The van der Waals surface area contributed by atoms with Crippen LogP contribution in [0.15, 0.2) is 0 Å². The van der Waals surface area contributed by atoms with Crippen LogP contribution in [0.4, 0.5) is 0 Å². The minimum Gasteiger partial charge on any atom is -0.354 e. The minimum atomic E-state index is -0.140. The molecule has 5 heteroatoms. The lowest BCUT2D eigenvalue weighted by Gasteiger charge is -2.15. The van der Waals surface area contributed by atoms with Crippen LogP contribution in [0.2, 0.25) is 0 Å². The first-order valence-corrected chi connectivity index (χ1v) is 6.30. The molecule has 5 nitrogen and oxygen atoms in total. The van der Waals surface area contributed by atoms with E-state index in [9.17, 15) is 9.59 Å². The van der Waals surface area contributed by atoms with Gasteiger partial charge in [0.1, 0.15) is 0 Å². The number of nitrogens with two attached hydrogens (primary N) is 1. The highest BCUT2D eigenvalue weighted by molar-refractivity contribution is 5.86. The van der Waals surface area contributed by atoms with Crippen molar-refractivity contribution in [1.82, 2.24) is 10.6 Å². The highest BCUT2D eigenvalue weighted by Gasteiger charge is 2.30. The second-order valence-electron chi connectivity index (χ2n) is 5.12. The average Bonchev–Trinajstić information content (AvgIpc) is 2.69. The number of rotatable bonds is 5. The first-order valence-electron chi connectivity index (χ1n) is 6.30. The SMILES string of the molecule is CC(C)CNC(=O)CNC(=O)C1CCCC1N. The maximum Gasteiger partial charge on any atom is 0.239 e. The van der Waals surface area contributed by atoms with Gasteiger partial charge >= 0.3 is 0 Å². The molecular weight excluding hydrogens is 218 g/mol. The molecule has 4 N–H and O–H groups in total. The Bertz CT molecular complexity index is 279. The Hall–Kier alpha value is -1.10. The van der Waals surface area contributed by atoms with E-state index in [1.54, 1.807) is 0 Å². The van der Waals surface area contributed by atoms with E-state index in [4.69, 9.17) is 5.73 Å². The summed E-state index contributed by atoms with van der Waals surface area (Å²) < 4.78 is 0. The summed E-state index contributed by atoms with van der Waals surface area (Å²) in [6.45, 7) is 4.74. The van der Waals surface area contributed by atoms with Crippen LogP contribution in [0.25, 0.3) is 0 Å². The summed E-state index contributed by atoms with van der Waals surface area (Å²) >= 11 is 0. The molecule has 0 saturated heterocycles. The Labute approximate surface area is 103 Å². The summed E-state index contributed by atoms with van der Waals surface area (Å²) in [5, 5.41) is 5.40. The van der Waals surface area contributed by atoms with E-state index in [0.29, 0.717) is 12.5 Å². The van der Waals surface area contributed by atoms with Crippen LogP contribution in [0.3, 0.4) is 0 Å². The fourth-order valence-electron chi connectivity index (χ4n) is 1.99. The predicted molar refractivity (Wildman–Crippen MR) is 66.2 cm³/mol. The summed E-state index contributed by atoms with van der Waals surface area (Å²) in [7, 11) is 0. The number of hydrogen-bond donors (Lipinski definition) is 3. The molecule has 1 rings (SSSR count). The molecule has 0 aliphatic heterocycles. The molecule has 2 amide bonds. The molecule has 17 heavy (non-hydrogen) atoms. The lowest BCUT2D eigenvalue weighted by Crippen LogP contribution is -2.43. The van der Waals surface area contributed by atoms with E-state index in [0.717, 1.165) is 19.3 Å². The van der Waals surface area contributed by atoms with Crippen molar-refractivity contribution >= 4 is 11.8 Å². The molecule has 1 saturated carbocycles. The summed E-state index contributed by atoms with van der Waals surface area (Å²) in [6.07, 6.45) is 2.73. The van der Waals surface area contributed by atoms with Crippen molar-refractivity contribution in [3.05, 3.63) is 0 Å². The van der Waals surface area contributed by atoms with Crippen molar-refractivity contribution in [1.29, 1.82) is 0 Å². The molecular formula is C12H23N3O2. The third-order valence-corrected chi connectivity index (χ3v) is 3.04. The van der Waals surface area contributed by atoms with Gasteiger partial charge in [0.05, 0.1) is 12.5 Å². The molecule has 0 aromatic heterocycles. The van der Waals surface area contributed by atoms with Crippen LogP contribution in [-0.4, -0.2) is 30.9 Å². The van der Waals surface area contributed by atoms with Crippen LogP contribution < -0.4 is 16.4 Å². The molecule has 1 fully saturated rings. The summed E-state index contributed by atoms with van der Waals surface area (Å²) in [5.41, 5.74) is 5.82. The van der Waals surface area contributed by atoms with E-state index in [-0.39, 0.29) is 30.3 Å². The van der Waals surface area contributed by atoms with Gasteiger partial charge in [-0.05, 0) is 18.8 Å². The van der Waals surface area contributed by atoms with Crippen LogP contribution in [0, 0.1) is 11.8 Å². The number of carbonyl (C=O) groups is 2. The predicted octanol–water partition coefficient (Wildman–Crippen LogP) is 0.00220. The zero-order valence-corrected chi connectivity index (χ0v) is 10.7. The van der Waals surface area contributed by atoms with Crippen LogP contribution in [-0.2, 0) is 9.59 Å².